The van der Waals surface area contributed by atoms with Crippen molar-refractivity contribution in [3.63, 3.8) is 0 Å². The Labute approximate surface area is 105 Å². The molecule has 1 unspecified atom stereocenters. The van der Waals surface area contributed by atoms with Gasteiger partial charge in [0.1, 0.15) is 5.50 Å². The number of anilines is 1. The maximum absolute atomic E-state index is 10.9. The number of halogens is 1. The van der Waals surface area contributed by atoms with Gasteiger partial charge in [0.15, 0.2) is 0 Å². The van der Waals surface area contributed by atoms with Crippen molar-refractivity contribution in [1.29, 1.82) is 0 Å². The van der Waals surface area contributed by atoms with Crippen molar-refractivity contribution in [3.05, 3.63) is 29.8 Å². The SMILES string of the molecule is CN1CCN(c2cccc(C(=O)O)c2)C(Cl)C1. The fraction of sp³-hybridized carbons (Fsp3) is 0.417. The van der Waals surface area contributed by atoms with Gasteiger partial charge in [0, 0.05) is 25.3 Å². The Kier molecular flexibility index (Phi) is 3.54. The molecule has 17 heavy (non-hydrogen) atoms. The van der Waals surface area contributed by atoms with Crippen molar-refractivity contribution in [1.82, 2.24) is 4.90 Å². The lowest BCUT2D eigenvalue weighted by atomic mass is 10.1. The molecule has 1 N–H and O–H groups in total. The third-order valence-electron chi connectivity index (χ3n) is 2.95. The predicted molar refractivity (Wildman–Crippen MR) is 67.9 cm³/mol. The highest BCUT2D eigenvalue weighted by Gasteiger charge is 2.23. The maximum atomic E-state index is 10.9. The van der Waals surface area contributed by atoms with Gasteiger partial charge in [0.05, 0.1) is 5.56 Å². The smallest absolute Gasteiger partial charge is 0.335 e. The van der Waals surface area contributed by atoms with Crippen LogP contribution >= 0.6 is 11.6 Å². The summed E-state index contributed by atoms with van der Waals surface area (Å²) in [5.74, 6) is -0.910. The Balaban J connectivity index is 2.22. The minimum Gasteiger partial charge on any atom is -0.478 e. The van der Waals surface area contributed by atoms with Crippen LogP contribution in [0.2, 0.25) is 0 Å². The normalized spacial score (nSPS) is 21.5. The first-order valence-corrected chi connectivity index (χ1v) is 5.94. The van der Waals surface area contributed by atoms with Crippen LogP contribution < -0.4 is 4.90 Å². The van der Waals surface area contributed by atoms with Gasteiger partial charge in [-0.05, 0) is 25.2 Å². The van der Waals surface area contributed by atoms with Crippen LogP contribution in [0.3, 0.4) is 0 Å². The van der Waals surface area contributed by atoms with Gasteiger partial charge in [0.2, 0.25) is 0 Å². The number of rotatable bonds is 2. The molecule has 1 aromatic rings. The van der Waals surface area contributed by atoms with Crippen molar-refractivity contribution in [2.75, 3.05) is 31.6 Å². The molecule has 0 spiro atoms. The van der Waals surface area contributed by atoms with E-state index in [2.05, 4.69) is 4.90 Å². The average molecular weight is 255 g/mol. The fourth-order valence-corrected chi connectivity index (χ4v) is 2.42. The number of carboxylic acid groups (broad SMARTS) is 1. The van der Waals surface area contributed by atoms with Crippen molar-refractivity contribution in [2.24, 2.45) is 0 Å². The van der Waals surface area contributed by atoms with E-state index in [1.165, 1.54) is 0 Å². The summed E-state index contributed by atoms with van der Waals surface area (Å²) in [6.45, 7) is 2.52. The molecule has 0 amide bonds. The summed E-state index contributed by atoms with van der Waals surface area (Å²) >= 11 is 6.28. The standard InChI is InChI=1S/C12H15ClN2O2/c1-14-5-6-15(11(13)8-14)10-4-2-3-9(7-10)12(16)17/h2-4,7,11H,5-6,8H2,1H3,(H,16,17). The van der Waals surface area contributed by atoms with Crippen LogP contribution in [0.4, 0.5) is 5.69 Å². The van der Waals surface area contributed by atoms with Crippen molar-refractivity contribution in [2.45, 2.75) is 5.50 Å². The number of hydrogen-bond acceptors (Lipinski definition) is 3. The highest BCUT2D eigenvalue weighted by molar-refractivity contribution is 6.22. The minimum absolute atomic E-state index is 0.113. The molecule has 5 heteroatoms. The summed E-state index contributed by atoms with van der Waals surface area (Å²) in [5, 5.41) is 8.96. The van der Waals surface area contributed by atoms with E-state index in [1.807, 2.05) is 18.0 Å². The quantitative estimate of drug-likeness (QED) is 0.645. The molecule has 0 saturated carbocycles. The van der Waals surface area contributed by atoms with Crippen LogP contribution in [0, 0.1) is 0 Å². The second-order valence-corrected chi connectivity index (χ2v) is 4.75. The van der Waals surface area contributed by atoms with E-state index in [4.69, 9.17) is 16.7 Å². The second kappa shape index (κ2) is 4.94. The first-order chi connectivity index (χ1) is 8.08. The zero-order valence-electron chi connectivity index (χ0n) is 9.64. The molecule has 1 fully saturated rings. The summed E-state index contributed by atoms with van der Waals surface area (Å²) in [6, 6.07) is 6.90. The van der Waals surface area contributed by atoms with E-state index in [-0.39, 0.29) is 5.50 Å². The van der Waals surface area contributed by atoms with Crippen LogP contribution in [0.25, 0.3) is 0 Å². The average Bonchev–Trinajstić information content (AvgIpc) is 2.29. The van der Waals surface area contributed by atoms with Crippen LogP contribution in [0.1, 0.15) is 10.4 Å². The Bertz CT molecular complexity index is 425. The molecule has 0 radical (unpaired) electrons. The first kappa shape index (κ1) is 12.2. The Morgan fingerprint density at radius 1 is 1.47 bits per heavy atom. The first-order valence-electron chi connectivity index (χ1n) is 5.50. The largest absolute Gasteiger partial charge is 0.478 e. The Morgan fingerprint density at radius 2 is 2.24 bits per heavy atom. The van der Waals surface area contributed by atoms with Gasteiger partial charge in [-0.2, -0.15) is 0 Å². The van der Waals surface area contributed by atoms with E-state index in [0.717, 1.165) is 25.3 Å². The van der Waals surface area contributed by atoms with Gasteiger partial charge in [-0.25, -0.2) is 4.79 Å². The molecule has 0 aliphatic carbocycles. The van der Waals surface area contributed by atoms with Gasteiger partial charge in [0.25, 0.3) is 0 Å². The molecule has 1 aliphatic heterocycles. The monoisotopic (exact) mass is 254 g/mol. The highest BCUT2D eigenvalue weighted by atomic mass is 35.5. The van der Waals surface area contributed by atoms with Gasteiger partial charge in [-0.1, -0.05) is 17.7 Å². The van der Waals surface area contributed by atoms with Gasteiger partial charge >= 0.3 is 5.97 Å². The number of carbonyl (C=O) groups is 1. The molecule has 1 atom stereocenters. The third kappa shape index (κ3) is 2.70. The van der Waals surface area contributed by atoms with E-state index in [9.17, 15) is 4.79 Å². The second-order valence-electron chi connectivity index (χ2n) is 4.25. The third-order valence-corrected chi connectivity index (χ3v) is 3.32. The van der Waals surface area contributed by atoms with E-state index in [1.54, 1.807) is 18.2 Å². The maximum Gasteiger partial charge on any atom is 0.335 e. The topological polar surface area (TPSA) is 43.8 Å². The predicted octanol–water partition coefficient (Wildman–Crippen LogP) is 1.70. The molecule has 92 valence electrons. The zero-order chi connectivity index (χ0) is 12.4. The Hall–Kier alpha value is -1.26. The molecule has 1 heterocycles. The Morgan fingerprint density at radius 3 is 2.88 bits per heavy atom. The lowest BCUT2D eigenvalue weighted by molar-refractivity contribution is 0.0697. The lowest BCUT2D eigenvalue weighted by Crippen LogP contribution is -2.49. The fourth-order valence-electron chi connectivity index (χ4n) is 1.97. The minimum atomic E-state index is -0.910. The number of benzene rings is 1. The molecule has 1 aromatic carbocycles. The number of nitrogens with zero attached hydrogens (tertiary/aromatic N) is 2. The molecule has 4 nitrogen and oxygen atoms in total. The number of carboxylic acids is 1. The molecular weight excluding hydrogens is 240 g/mol. The van der Waals surface area contributed by atoms with Crippen molar-refractivity contribution in [3.8, 4) is 0 Å². The molecule has 0 aromatic heterocycles. The van der Waals surface area contributed by atoms with Crippen LogP contribution in [-0.2, 0) is 0 Å². The highest BCUT2D eigenvalue weighted by Crippen LogP contribution is 2.23. The molecule has 1 saturated heterocycles. The molecule has 1 aliphatic rings. The summed E-state index contributed by atoms with van der Waals surface area (Å²) in [5.41, 5.74) is 1.06. The number of piperazine rings is 1. The number of aromatic carboxylic acids is 1. The number of alkyl halides is 1. The van der Waals surface area contributed by atoms with Gasteiger partial charge < -0.3 is 14.9 Å². The van der Waals surface area contributed by atoms with E-state index >= 15 is 0 Å². The zero-order valence-corrected chi connectivity index (χ0v) is 10.4. The van der Waals surface area contributed by atoms with Crippen molar-refractivity contribution >= 4 is 23.3 Å². The molecule has 0 bridgehead atoms. The van der Waals surface area contributed by atoms with Gasteiger partial charge in [-0.15, -0.1) is 0 Å². The van der Waals surface area contributed by atoms with E-state index < -0.39 is 5.97 Å². The summed E-state index contributed by atoms with van der Waals surface area (Å²) < 4.78 is 0. The molecule has 2 rings (SSSR count). The van der Waals surface area contributed by atoms with Crippen LogP contribution in [-0.4, -0.2) is 48.2 Å². The van der Waals surface area contributed by atoms with Crippen LogP contribution in [0.5, 0.6) is 0 Å². The lowest BCUT2D eigenvalue weighted by Gasteiger charge is -2.38. The van der Waals surface area contributed by atoms with Crippen molar-refractivity contribution < 1.29 is 9.90 Å². The summed E-state index contributed by atoms with van der Waals surface area (Å²) in [4.78, 5) is 15.1. The number of likely N-dealkylation sites (N-methyl/N-ethyl adjacent to an activating group) is 1. The van der Waals surface area contributed by atoms with Crippen LogP contribution in [0.15, 0.2) is 24.3 Å². The van der Waals surface area contributed by atoms with Gasteiger partial charge in [-0.3, -0.25) is 0 Å². The summed E-state index contributed by atoms with van der Waals surface area (Å²) in [6.07, 6.45) is 0. The number of hydrogen-bond donors (Lipinski definition) is 1. The van der Waals surface area contributed by atoms with E-state index in [0.29, 0.717) is 5.56 Å². The molecular formula is C12H15ClN2O2. The summed E-state index contributed by atoms with van der Waals surface area (Å²) in [7, 11) is 2.03.